The van der Waals surface area contributed by atoms with Gasteiger partial charge in [0, 0.05) is 24.9 Å². The summed E-state index contributed by atoms with van der Waals surface area (Å²) < 4.78 is 0. The molecule has 1 saturated heterocycles. The first-order valence-corrected chi connectivity index (χ1v) is 9.96. The van der Waals surface area contributed by atoms with Gasteiger partial charge in [-0.25, -0.2) is 4.98 Å². The maximum absolute atomic E-state index is 12.6. The minimum absolute atomic E-state index is 0.00374. The second-order valence-electron chi connectivity index (χ2n) is 7.32. The van der Waals surface area contributed by atoms with Gasteiger partial charge in [-0.1, -0.05) is 30.3 Å². The highest BCUT2D eigenvalue weighted by atomic mass is 32.1. The van der Waals surface area contributed by atoms with Crippen molar-refractivity contribution in [2.45, 2.75) is 25.7 Å². The zero-order valence-electron chi connectivity index (χ0n) is 14.5. The van der Waals surface area contributed by atoms with Gasteiger partial charge >= 0.3 is 5.97 Å². The Bertz CT molecular complexity index is 800. The maximum atomic E-state index is 12.6. The molecule has 4 rings (SSSR count). The molecule has 0 bridgehead atoms. The van der Waals surface area contributed by atoms with Crippen LogP contribution in [0.5, 0.6) is 0 Å². The molecule has 1 N–H and O–H groups in total. The number of carboxylic acids is 1. The van der Waals surface area contributed by atoms with Crippen LogP contribution in [0.25, 0.3) is 0 Å². The minimum atomic E-state index is -0.768. The molecule has 26 heavy (non-hydrogen) atoms. The fraction of sp³-hybridized carbons (Fsp3) is 0.450. The summed E-state index contributed by atoms with van der Waals surface area (Å²) >= 11 is 1.57. The van der Waals surface area contributed by atoms with Crippen molar-refractivity contribution in [2.24, 2.45) is 17.8 Å². The molecule has 1 aliphatic carbocycles. The van der Waals surface area contributed by atoms with Gasteiger partial charge in [0.1, 0.15) is 0 Å². The van der Waals surface area contributed by atoms with E-state index in [1.807, 2.05) is 23.6 Å². The average Bonchev–Trinajstić information content (AvgIpc) is 3.22. The summed E-state index contributed by atoms with van der Waals surface area (Å²) in [6.45, 7) is 0.928. The van der Waals surface area contributed by atoms with Gasteiger partial charge in [-0.3, -0.25) is 9.59 Å². The number of amides is 1. The molecule has 2 fully saturated rings. The largest absolute Gasteiger partial charge is 0.481 e. The fourth-order valence-corrected chi connectivity index (χ4v) is 4.67. The van der Waals surface area contributed by atoms with Crippen molar-refractivity contribution in [1.82, 2.24) is 9.88 Å². The zero-order chi connectivity index (χ0) is 18.1. The Hall–Kier alpha value is -2.21. The number of likely N-dealkylation sites (tertiary alicyclic amines) is 1. The van der Waals surface area contributed by atoms with Gasteiger partial charge in [-0.05, 0) is 30.2 Å². The van der Waals surface area contributed by atoms with Crippen molar-refractivity contribution in [3.05, 3.63) is 52.0 Å². The standard InChI is InChI=1S/C20H22N2O3S/c23-19(22-10-16(14-6-7-14)17(11-22)20(24)25)9-15-12-26-18(21-15)8-13-4-2-1-3-5-13/h1-5,12,14,16-17H,6-11H2,(H,24,25)/t16-,17+/m1/s1. The first-order chi connectivity index (χ1) is 12.6. The van der Waals surface area contributed by atoms with Crippen LogP contribution in [0.3, 0.4) is 0 Å². The highest BCUT2D eigenvalue weighted by Gasteiger charge is 2.46. The first kappa shape index (κ1) is 17.2. The van der Waals surface area contributed by atoms with Crippen LogP contribution in [0.1, 0.15) is 29.1 Å². The van der Waals surface area contributed by atoms with Crippen LogP contribution < -0.4 is 0 Å². The van der Waals surface area contributed by atoms with Gasteiger partial charge in [0.05, 0.1) is 23.0 Å². The van der Waals surface area contributed by atoms with E-state index in [1.54, 1.807) is 16.2 Å². The lowest BCUT2D eigenvalue weighted by molar-refractivity contribution is -0.142. The van der Waals surface area contributed by atoms with Crippen molar-refractivity contribution in [3.63, 3.8) is 0 Å². The summed E-state index contributed by atoms with van der Waals surface area (Å²) in [6, 6.07) is 10.2. The maximum Gasteiger partial charge on any atom is 0.308 e. The fourth-order valence-electron chi connectivity index (χ4n) is 3.84. The SMILES string of the molecule is O=C(O)[C@H]1CN(C(=O)Cc2csc(Cc3ccccc3)n2)C[C@@H]1C1CC1. The Kier molecular flexibility index (Phi) is 4.76. The number of hydrogen-bond donors (Lipinski definition) is 1. The summed E-state index contributed by atoms with van der Waals surface area (Å²) in [4.78, 5) is 30.5. The molecule has 6 heteroatoms. The van der Waals surface area contributed by atoms with Crippen LogP contribution in [-0.4, -0.2) is 40.0 Å². The van der Waals surface area contributed by atoms with Crippen LogP contribution in [0.15, 0.2) is 35.7 Å². The lowest BCUT2D eigenvalue weighted by Crippen LogP contribution is -2.31. The molecule has 1 aromatic carbocycles. The molecule has 2 aliphatic rings. The monoisotopic (exact) mass is 370 g/mol. The molecule has 1 saturated carbocycles. The molecule has 2 heterocycles. The Morgan fingerprint density at radius 3 is 2.65 bits per heavy atom. The van der Waals surface area contributed by atoms with E-state index in [-0.39, 0.29) is 18.2 Å². The Balaban J connectivity index is 1.37. The van der Waals surface area contributed by atoms with E-state index < -0.39 is 11.9 Å². The number of nitrogens with zero attached hydrogens (tertiary/aromatic N) is 2. The van der Waals surface area contributed by atoms with Crippen LogP contribution in [0.4, 0.5) is 0 Å². The van der Waals surface area contributed by atoms with Crippen LogP contribution >= 0.6 is 11.3 Å². The lowest BCUT2D eigenvalue weighted by Gasteiger charge is -2.15. The van der Waals surface area contributed by atoms with Crippen LogP contribution in [0.2, 0.25) is 0 Å². The third kappa shape index (κ3) is 3.80. The molecule has 0 radical (unpaired) electrons. The molecular weight excluding hydrogens is 348 g/mol. The number of benzene rings is 1. The second kappa shape index (κ2) is 7.19. The molecular formula is C20H22N2O3S. The number of carboxylic acid groups (broad SMARTS) is 1. The predicted molar refractivity (Wildman–Crippen MR) is 99.0 cm³/mol. The summed E-state index contributed by atoms with van der Waals surface area (Å²) in [5, 5.41) is 12.4. The van der Waals surface area contributed by atoms with Crippen molar-refractivity contribution in [3.8, 4) is 0 Å². The average molecular weight is 370 g/mol. The quantitative estimate of drug-likeness (QED) is 0.849. The molecule has 0 unspecified atom stereocenters. The Morgan fingerprint density at radius 1 is 1.19 bits per heavy atom. The summed E-state index contributed by atoms with van der Waals surface area (Å²) in [7, 11) is 0. The molecule has 136 valence electrons. The molecule has 2 aromatic rings. The van der Waals surface area contributed by atoms with E-state index in [1.165, 1.54) is 5.56 Å². The topological polar surface area (TPSA) is 70.5 Å². The van der Waals surface area contributed by atoms with Crippen molar-refractivity contribution in [2.75, 3.05) is 13.1 Å². The minimum Gasteiger partial charge on any atom is -0.481 e. The van der Waals surface area contributed by atoms with Crippen LogP contribution in [0, 0.1) is 17.8 Å². The Labute approximate surface area is 156 Å². The van der Waals surface area contributed by atoms with Crippen molar-refractivity contribution < 1.29 is 14.7 Å². The number of aromatic nitrogens is 1. The van der Waals surface area contributed by atoms with E-state index in [0.29, 0.717) is 19.0 Å². The Morgan fingerprint density at radius 2 is 1.96 bits per heavy atom. The number of thiazole rings is 1. The van der Waals surface area contributed by atoms with E-state index in [0.717, 1.165) is 30.0 Å². The molecule has 2 atom stereocenters. The van der Waals surface area contributed by atoms with Gasteiger partial charge in [0.2, 0.25) is 5.91 Å². The molecule has 0 spiro atoms. The molecule has 5 nitrogen and oxygen atoms in total. The summed E-state index contributed by atoms with van der Waals surface area (Å²) in [5.74, 6) is -0.561. The first-order valence-electron chi connectivity index (χ1n) is 9.08. The van der Waals surface area contributed by atoms with E-state index in [2.05, 4.69) is 17.1 Å². The van der Waals surface area contributed by atoms with Gasteiger partial charge in [-0.2, -0.15) is 0 Å². The van der Waals surface area contributed by atoms with Gasteiger partial charge in [0.25, 0.3) is 0 Å². The predicted octanol–water partition coefficient (Wildman–Crippen LogP) is 2.85. The van der Waals surface area contributed by atoms with Gasteiger partial charge < -0.3 is 10.0 Å². The third-order valence-corrected chi connectivity index (χ3v) is 6.29. The van der Waals surface area contributed by atoms with Crippen molar-refractivity contribution in [1.29, 1.82) is 0 Å². The number of rotatable bonds is 6. The van der Waals surface area contributed by atoms with E-state index in [9.17, 15) is 14.7 Å². The summed E-state index contributed by atoms with van der Waals surface area (Å²) in [5.41, 5.74) is 1.99. The highest BCUT2D eigenvalue weighted by molar-refractivity contribution is 7.09. The smallest absolute Gasteiger partial charge is 0.308 e. The number of aliphatic carboxylic acids is 1. The highest BCUT2D eigenvalue weighted by Crippen LogP contribution is 2.44. The molecule has 1 aliphatic heterocycles. The molecule has 1 amide bonds. The zero-order valence-corrected chi connectivity index (χ0v) is 15.3. The lowest BCUT2D eigenvalue weighted by atomic mass is 9.92. The number of carbonyl (C=O) groups is 2. The summed E-state index contributed by atoms with van der Waals surface area (Å²) in [6.07, 6.45) is 3.24. The number of hydrogen-bond acceptors (Lipinski definition) is 4. The normalized spacial score (nSPS) is 22.5. The van der Waals surface area contributed by atoms with Crippen LogP contribution in [-0.2, 0) is 22.4 Å². The van der Waals surface area contributed by atoms with Gasteiger partial charge in [0.15, 0.2) is 0 Å². The van der Waals surface area contributed by atoms with Crippen molar-refractivity contribution >= 4 is 23.2 Å². The second-order valence-corrected chi connectivity index (χ2v) is 8.26. The van der Waals surface area contributed by atoms with E-state index >= 15 is 0 Å². The van der Waals surface area contributed by atoms with Gasteiger partial charge in [-0.15, -0.1) is 11.3 Å². The van der Waals surface area contributed by atoms with E-state index in [4.69, 9.17) is 0 Å². The number of carbonyl (C=O) groups excluding carboxylic acids is 1. The molecule has 1 aromatic heterocycles. The third-order valence-electron chi connectivity index (χ3n) is 5.39.